The number of nitrogens with zero attached hydrogens (tertiary/aromatic N) is 1. The van der Waals surface area contributed by atoms with E-state index >= 15 is 0 Å². The fraction of sp³-hybridized carbons (Fsp3) is 0.150. The maximum Gasteiger partial charge on any atom is 0.206 e. The molecular formula is C20H21F2N3O2. The third-order valence-corrected chi connectivity index (χ3v) is 3.35. The molecule has 7 heteroatoms. The minimum Gasteiger partial charge on any atom is -0.473 e. The van der Waals surface area contributed by atoms with Gasteiger partial charge in [0.2, 0.25) is 5.88 Å². The van der Waals surface area contributed by atoms with Crippen LogP contribution >= 0.6 is 0 Å². The molecule has 0 aliphatic rings. The van der Waals surface area contributed by atoms with Crippen molar-refractivity contribution in [1.29, 1.82) is 0 Å². The third kappa shape index (κ3) is 7.70. The Morgan fingerprint density at radius 1 is 1.11 bits per heavy atom. The molecule has 0 radical (unpaired) electrons. The summed E-state index contributed by atoms with van der Waals surface area (Å²) < 4.78 is 37.5. The number of hydrogen-bond donors (Lipinski definition) is 2. The topological polar surface area (TPSA) is 68.9 Å². The minimum absolute atomic E-state index is 0.0254. The fourth-order valence-electron chi connectivity index (χ4n) is 1.99. The number of ether oxygens (including phenoxy) is 2. The van der Waals surface area contributed by atoms with Crippen LogP contribution in [0, 0.1) is 5.82 Å². The largest absolute Gasteiger partial charge is 0.473 e. The van der Waals surface area contributed by atoms with Crippen molar-refractivity contribution >= 4 is 6.21 Å². The second kappa shape index (κ2) is 10.7. The van der Waals surface area contributed by atoms with Crippen molar-refractivity contribution in [3.05, 3.63) is 95.7 Å². The molecule has 0 saturated carbocycles. The molecule has 0 aliphatic heterocycles. The maximum absolute atomic E-state index is 13.9. The van der Waals surface area contributed by atoms with Gasteiger partial charge in [-0.25, -0.2) is 13.8 Å². The predicted octanol–water partition coefficient (Wildman–Crippen LogP) is 3.75. The smallest absolute Gasteiger partial charge is 0.206 e. The zero-order chi connectivity index (χ0) is 19.5. The highest BCUT2D eigenvalue weighted by molar-refractivity contribution is 5.77. The highest BCUT2D eigenvalue weighted by atomic mass is 19.1. The van der Waals surface area contributed by atoms with E-state index in [4.69, 9.17) is 15.2 Å². The van der Waals surface area contributed by atoms with E-state index in [1.807, 2.05) is 30.3 Å². The Hall–Kier alpha value is -3.19. The van der Waals surface area contributed by atoms with Gasteiger partial charge in [0.25, 0.3) is 0 Å². The SMILES string of the molecule is C=C(/N=C\C(F)=C(/N)NCOCc1ccccc1)OCc1cccc(F)c1. The number of rotatable bonds is 10. The summed E-state index contributed by atoms with van der Waals surface area (Å²) in [5.41, 5.74) is 7.18. The van der Waals surface area contributed by atoms with E-state index in [0.717, 1.165) is 11.8 Å². The van der Waals surface area contributed by atoms with Crippen molar-refractivity contribution < 1.29 is 18.3 Å². The first-order valence-electron chi connectivity index (χ1n) is 8.15. The molecule has 3 N–H and O–H groups in total. The highest BCUT2D eigenvalue weighted by Gasteiger charge is 2.01. The molecule has 0 fully saturated rings. The van der Waals surface area contributed by atoms with Crippen molar-refractivity contribution in [2.45, 2.75) is 13.2 Å². The van der Waals surface area contributed by atoms with Gasteiger partial charge in [0.15, 0.2) is 5.83 Å². The number of benzene rings is 2. The van der Waals surface area contributed by atoms with E-state index in [1.165, 1.54) is 12.1 Å². The average Bonchev–Trinajstić information content (AvgIpc) is 2.68. The van der Waals surface area contributed by atoms with Crippen LogP contribution in [0.1, 0.15) is 11.1 Å². The maximum atomic E-state index is 13.9. The van der Waals surface area contributed by atoms with Crippen molar-refractivity contribution in [2.24, 2.45) is 10.7 Å². The molecule has 142 valence electrons. The first kappa shape index (κ1) is 20.1. The lowest BCUT2D eigenvalue weighted by Crippen LogP contribution is -2.24. The van der Waals surface area contributed by atoms with Crippen molar-refractivity contribution in [3.63, 3.8) is 0 Å². The van der Waals surface area contributed by atoms with E-state index in [1.54, 1.807) is 12.1 Å². The van der Waals surface area contributed by atoms with Gasteiger partial charge in [-0.1, -0.05) is 42.5 Å². The summed E-state index contributed by atoms with van der Waals surface area (Å²) in [6, 6.07) is 15.5. The Morgan fingerprint density at radius 3 is 2.59 bits per heavy atom. The standard InChI is InChI=1S/C20H21F2N3O2/c1-15(27-13-17-8-5-9-18(21)10-17)24-11-19(22)20(23)25-14-26-12-16-6-3-2-4-7-16/h2-11,25H,1,12-14,23H2/b20-19-,24-11-. The van der Waals surface area contributed by atoms with E-state index in [9.17, 15) is 8.78 Å². The molecule has 2 aromatic carbocycles. The zero-order valence-electron chi connectivity index (χ0n) is 14.7. The van der Waals surface area contributed by atoms with Gasteiger partial charge in [-0.3, -0.25) is 0 Å². The first-order valence-corrected chi connectivity index (χ1v) is 8.15. The molecule has 0 amide bonds. The lowest BCUT2D eigenvalue weighted by atomic mass is 10.2. The minimum atomic E-state index is -0.784. The van der Waals surface area contributed by atoms with Crippen LogP contribution in [0.3, 0.4) is 0 Å². The second-order valence-corrected chi connectivity index (χ2v) is 5.49. The van der Waals surface area contributed by atoms with Gasteiger partial charge < -0.3 is 20.5 Å². The molecule has 0 aromatic heterocycles. The van der Waals surface area contributed by atoms with Gasteiger partial charge in [0.05, 0.1) is 12.8 Å². The van der Waals surface area contributed by atoms with Crippen LogP contribution in [0.15, 0.2) is 83.7 Å². The molecule has 0 unspecified atom stereocenters. The van der Waals surface area contributed by atoms with E-state index in [-0.39, 0.29) is 30.9 Å². The second-order valence-electron chi connectivity index (χ2n) is 5.49. The molecule has 2 rings (SSSR count). The highest BCUT2D eigenvalue weighted by Crippen LogP contribution is 2.08. The number of nitrogens with two attached hydrogens (primary N) is 1. The number of aliphatic imine (C=N–C) groups is 1. The van der Waals surface area contributed by atoms with Gasteiger partial charge in [-0.05, 0) is 29.8 Å². The molecule has 27 heavy (non-hydrogen) atoms. The summed E-state index contributed by atoms with van der Waals surface area (Å²) in [6.07, 6.45) is 0.882. The Morgan fingerprint density at radius 2 is 1.85 bits per heavy atom. The molecule has 5 nitrogen and oxygen atoms in total. The van der Waals surface area contributed by atoms with Crippen LogP contribution in [-0.2, 0) is 22.7 Å². The van der Waals surface area contributed by atoms with Crippen LogP contribution in [0.5, 0.6) is 0 Å². The quantitative estimate of drug-likeness (QED) is 0.288. The van der Waals surface area contributed by atoms with Crippen LogP contribution in [0.25, 0.3) is 0 Å². The third-order valence-electron chi connectivity index (χ3n) is 3.35. The van der Waals surface area contributed by atoms with Crippen molar-refractivity contribution in [3.8, 4) is 0 Å². The van der Waals surface area contributed by atoms with E-state index < -0.39 is 5.83 Å². The number of hydrogen-bond acceptors (Lipinski definition) is 5. The Kier molecular flexibility index (Phi) is 7.99. The Bertz CT molecular complexity index is 808. The van der Waals surface area contributed by atoms with Crippen LogP contribution in [-0.4, -0.2) is 12.9 Å². The summed E-state index contributed by atoms with van der Waals surface area (Å²) in [7, 11) is 0. The summed E-state index contributed by atoms with van der Waals surface area (Å²) >= 11 is 0. The number of nitrogens with one attached hydrogen (secondary N) is 1. The number of allylic oxidation sites excluding steroid dienone is 1. The fourth-order valence-corrected chi connectivity index (χ4v) is 1.99. The van der Waals surface area contributed by atoms with Crippen molar-refractivity contribution in [2.75, 3.05) is 6.73 Å². The lowest BCUT2D eigenvalue weighted by molar-refractivity contribution is 0.109. The Labute approximate surface area is 156 Å². The van der Waals surface area contributed by atoms with Crippen LogP contribution < -0.4 is 11.1 Å². The van der Waals surface area contributed by atoms with E-state index in [2.05, 4.69) is 16.9 Å². The predicted molar refractivity (Wildman–Crippen MR) is 100 cm³/mol. The van der Waals surface area contributed by atoms with Crippen LogP contribution in [0.4, 0.5) is 8.78 Å². The molecule has 0 aliphatic carbocycles. The molecule has 0 saturated heterocycles. The molecule has 0 atom stereocenters. The summed E-state index contributed by atoms with van der Waals surface area (Å²) in [6.45, 7) is 4.03. The average molecular weight is 373 g/mol. The first-order chi connectivity index (χ1) is 13.0. The normalized spacial score (nSPS) is 11.9. The van der Waals surface area contributed by atoms with Gasteiger partial charge in [-0.2, -0.15) is 0 Å². The molecule has 0 spiro atoms. The molecule has 2 aromatic rings. The van der Waals surface area contributed by atoms with Gasteiger partial charge in [0.1, 0.15) is 25.0 Å². The van der Waals surface area contributed by atoms with Gasteiger partial charge in [0, 0.05) is 0 Å². The number of halogens is 2. The summed E-state index contributed by atoms with van der Waals surface area (Å²) in [5.74, 6) is -1.39. The molecule has 0 bridgehead atoms. The van der Waals surface area contributed by atoms with Gasteiger partial charge in [-0.15, -0.1) is 0 Å². The zero-order valence-corrected chi connectivity index (χ0v) is 14.7. The van der Waals surface area contributed by atoms with Gasteiger partial charge >= 0.3 is 0 Å². The summed E-state index contributed by atoms with van der Waals surface area (Å²) in [4.78, 5) is 3.73. The van der Waals surface area contributed by atoms with E-state index in [0.29, 0.717) is 12.2 Å². The molecule has 0 heterocycles. The van der Waals surface area contributed by atoms with Crippen LogP contribution in [0.2, 0.25) is 0 Å². The van der Waals surface area contributed by atoms with Crippen molar-refractivity contribution in [1.82, 2.24) is 5.32 Å². The monoisotopic (exact) mass is 373 g/mol. The molecular weight excluding hydrogens is 352 g/mol. The Balaban J connectivity index is 1.72. The summed E-state index contributed by atoms with van der Waals surface area (Å²) in [5, 5.41) is 2.60. The lowest BCUT2D eigenvalue weighted by Gasteiger charge is -2.08.